The molecule has 0 aliphatic carbocycles. The molecule has 0 spiro atoms. The van der Waals surface area contributed by atoms with E-state index in [1.165, 1.54) is 23.2 Å². The van der Waals surface area contributed by atoms with Crippen molar-refractivity contribution in [3.05, 3.63) is 28.4 Å². The average molecular weight is 280 g/mol. The third-order valence-corrected chi connectivity index (χ3v) is 3.54. The molecule has 0 unspecified atom stereocenters. The first kappa shape index (κ1) is 14.0. The second-order valence-electron chi connectivity index (χ2n) is 5.08. The number of nitro groups is 1. The van der Waals surface area contributed by atoms with Gasteiger partial charge in [0.1, 0.15) is 0 Å². The molecule has 1 aliphatic heterocycles. The van der Waals surface area contributed by atoms with Gasteiger partial charge < -0.3 is 15.3 Å². The van der Waals surface area contributed by atoms with Gasteiger partial charge >= 0.3 is 11.8 Å². The summed E-state index contributed by atoms with van der Waals surface area (Å²) in [4.78, 5) is 26.7. The van der Waals surface area contributed by atoms with Gasteiger partial charge in [-0.15, -0.1) is 0 Å². The van der Waals surface area contributed by atoms with Crippen LogP contribution in [0.5, 0.6) is 0 Å². The molecule has 1 saturated heterocycles. The van der Waals surface area contributed by atoms with E-state index in [9.17, 15) is 14.9 Å². The lowest BCUT2D eigenvalue weighted by Crippen LogP contribution is -2.48. The number of hydrogen-bond donors (Lipinski definition) is 2. The molecule has 1 fully saturated rings. The van der Waals surface area contributed by atoms with Crippen LogP contribution in [-0.4, -0.2) is 44.6 Å². The average Bonchev–Trinajstić information content (AvgIpc) is 2.39. The monoisotopic (exact) mass is 280 g/mol. The molecule has 0 atom stereocenters. The molecule has 8 heteroatoms. The molecule has 1 amide bonds. The number of hydrogen-bond acceptors (Lipinski definition) is 5. The van der Waals surface area contributed by atoms with E-state index in [1.807, 2.05) is 6.92 Å². The first-order valence-corrected chi connectivity index (χ1v) is 6.27. The minimum absolute atomic E-state index is 0.0746. The molecule has 0 radical (unpaired) electrons. The molecule has 0 aromatic carbocycles. The molecule has 2 heterocycles. The Morgan fingerprint density at radius 1 is 1.55 bits per heavy atom. The summed E-state index contributed by atoms with van der Waals surface area (Å²) in [6.07, 6.45) is 1.71. The highest BCUT2D eigenvalue weighted by molar-refractivity contribution is 5.65. The molecule has 1 aromatic rings. The van der Waals surface area contributed by atoms with Gasteiger partial charge in [-0.05, 0) is 25.8 Å². The molecule has 1 aliphatic rings. The number of likely N-dealkylation sites (tertiary alicyclic amines) is 1. The number of nitrogens with zero attached hydrogens (tertiary/aromatic N) is 3. The van der Waals surface area contributed by atoms with Gasteiger partial charge in [-0.2, -0.15) is 0 Å². The lowest BCUT2D eigenvalue weighted by molar-refractivity contribution is -0.384. The van der Waals surface area contributed by atoms with E-state index in [4.69, 9.17) is 5.11 Å². The van der Waals surface area contributed by atoms with E-state index in [-0.39, 0.29) is 11.5 Å². The van der Waals surface area contributed by atoms with Crippen LogP contribution in [-0.2, 0) is 0 Å². The predicted molar refractivity (Wildman–Crippen MR) is 71.8 cm³/mol. The largest absolute Gasteiger partial charge is 0.465 e. The van der Waals surface area contributed by atoms with Crippen LogP contribution in [0.1, 0.15) is 19.8 Å². The van der Waals surface area contributed by atoms with Crippen molar-refractivity contribution >= 4 is 17.6 Å². The number of pyridine rings is 1. The minimum Gasteiger partial charge on any atom is -0.465 e. The zero-order valence-electron chi connectivity index (χ0n) is 11.1. The van der Waals surface area contributed by atoms with Gasteiger partial charge in [-0.1, -0.05) is 0 Å². The van der Waals surface area contributed by atoms with E-state index in [0.717, 1.165) is 0 Å². The van der Waals surface area contributed by atoms with Crippen molar-refractivity contribution < 1.29 is 14.8 Å². The van der Waals surface area contributed by atoms with Gasteiger partial charge in [0.05, 0.1) is 4.92 Å². The van der Waals surface area contributed by atoms with Crippen LogP contribution in [0.2, 0.25) is 0 Å². The van der Waals surface area contributed by atoms with E-state index in [0.29, 0.717) is 25.9 Å². The molecule has 108 valence electrons. The first-order valence-electron chi connectivity index (χ1n) is 6.27. The third-order valence-electron chi connectivity index (χ3n) is 3.54. The molecule has 2 N–H and O–H groups in total. The van der Waals surface area contributed by atoms with Crippen molar-refractivity contribution in [1.82, 2.24) is 9.88 Å². The molecular weight excluding hydrogens is 264 g/mol. The van der Waals surface area contributed by atoms with Crippen molar-refractivity contribution in [1.29, 1.82) is 0 Å². The summed E-state index contributed by atoms with van der Waals surface area (Å²) in [6, 6.07) is 2.91. The van der Waals surface area contributed by atoms with Gasteiger partial charge in [0.15, 0.2) is 0 Å². The van der Waals surface area contributed by atoms with Gasteiger partial charge in [-0.25, -0.2) is 9.78 Å². The fourth-order valence-corrected chi connectivity index (χ4v) is 2.24. The van der Waals surface area contributed by atoms with Gasteiger partial charge in [0.25, 0.3) is 0 Å². The first-order chi connectivity index (χ1) is 9.41. The fourth-order valence-electron chi connectivity index (χ4n) is 2.24. The predicted octanol–water partition coefficient (Wildman–Crippen LogP) is 1.93. The van der Waals surface area contributed by atoms with Crippen molar-refractivity contribution in [3.8, 4) is 0 Å². The quantitative estimate of drug-likeness (QED) is 0.647. The molecule has 0 bridgehead atoms. The van der Waals surface area contributed by atoms with Crippen LogP contribution in [0.3, 0.4) is 0 Å². The second-order valence-corrected chi connectivity index (χ2v) is 5.08. The van der Waals surface area contributed by atoms with Crippen molar-refractivity contribution in [2.75, 3.05) is 18.4 Å². The minimum atomic E-state index is -0.934. The fraction of sp³-hybridized carbons (Fsp3) is 0.500. The highest BCUT2D eigenvalue weighted by Crippen LogP contribution is 2.29. The van der Waals surface area contributed by atoms with Gasteiger partial charge in [0.2, 0.25) is 5.82 Å². The van der Waals surface area contributed by atoms with E-state index in [2.05, 4.69) is 10.3 Å². The molecule has 8 nitrogen and oxygen atoms in total. The topological polar surface area (TPSA) is 109 Å². The Hall–Kier alpha value is -2.38. The zero-order valence-corrected chi connectivity index (χ0v) is 11.1. The Labute approximate surface area is 115 Å². The molecular formula is C12H16N4O4. The maximum atomic E-state index is 10.9. The maximum Gasteiger partial charge on any atom is 0.407 e. The summed E-state index contributed by atoms with van der Waals surface area (Å²) in [5.74, 6) is 0.226. The summed E-state index contributed by atoms with van der Waals surface area (Å²) in [7, 11) is 0. The molecule has 2 rings (SSSR count). The molecule has 20 heavy (non-hydrogen) atoms. The van der Waals surface area contributed by atoms with Crippen LogP contribution in [0.4, 0.5) is 16.3 Å². The van der Waals surface area contributed by atoms with Crippen molar-refractivity contribution in [2.24, 2.45) is 0 Å². The van der Waals surface area contributed by atoms with Crippen molar-refractivity contribution in [2.45, 2.75) is 25.3 Å². The number of nitrogens with one attached hydrogen (secondary N) is 1. The van der Waals surface area contributed by atoms with E-state index < -0.39 is 16.6 Å². The van der Waals surface area contributed by atoms with E-state index >= 15 is 0 Å². The normalized spacial score (nSPS) is 17.6. The van der Waals surface area contributed by atoms with Gasteiger partial charge in [0, 0.05) is 30.9 Å². The smallest absolute Gasteiger partial charge is 0.407 e. The van der Waals surface area contributed by atoms with Gasteiger partial charge in [-0.3, -0.25) is 10.1 Å². The maximum absolute atomic E-state index is 10.9. The summed E-state index contributed by atoms with van der Waals surface area (Å²) in [5, 5.41) is 23.0. The zero-order chi connectivity index (χ0) is 14.8. The molecule has 1 aromatic heterocycles. The Morgan fingerprint density at radius 2 is 2.20 bits per heavy atom. The standard InChI is InChI=1S/C12H16N4O4/c1-12(4-7-15(8-5-12)11(17)18)14-10-9(16(19)20)3-2-6-13-10/h2-3,6H,4-5,7-8H2,1H3,(H,13,14)(H,17,18). The summed E-state index contributed by atoms with van der Waals surface area (Å²) >= 11 is 0. The Balaban J connectivity index is 2.11. The van der Waals surface area contributed by atoms with Crippen molar-refractivity contribution in [3.63, 3.8) is 0 Å². The lowest BCUT2D eigenvalue weighted by atomic mass is 9.89. The van der Waals surface area contributed by atoms with Crippen LogP contribution in [0.25, 0.3) is 0 Å². The number of piperidine rings is 1. The highest BCUT2D eigenvalue weighted by Gasteiger charge is 2.33. The highest BCUT2D eigenvalue weighted by atomic mass is 16.6. The Bertz CT molecular complexity index is 526. The van der Waals surface area contributed by atoms with Crippen LogP contribution < -0.4 is 5.32 Å². The summed E-state index contributed by atoms with van der Waals surface area (Å²) < 4.78 is 0. The van der Waals surface area contributed by atoms with Crippen LogP contribution >= 0.6 is 0 Å². The Kier molecular flexibility index (Phi) is 3.73. The van der Waals surface area contributed by atoms with E-state index in [1.54, 1.807) is 0 Å². The summed E-state index contributed by atoms with van der Waals surface area (Å²) in [6.45, 7) is 2.73. The lowest BCUT2D eigenvalue weighted by Gasteiger charge is -2.39. The molecule has 0 saturated carbocycles. The number of carboxylic acid groups (broad SMARTS) is 1. The Morgan fingerprint density at radius 3 is 2.75 bits per heavy atom. The summed E-state index contributed by atoms with van der Waals surface area (Å²) in [5.41, 5.74) is -0.472. The SMILES string of the molecule is CC1(Nc2ncccc2[N+](=O)[O-])CCN(C(=O)O)CC1. The number of amides is 1. The number of anilines is 1. The number of aromatic nitrogens is 1. The van der Waals surface area contributed by atoms with Crippen LogP contribution in [0, 0.1) is 10.1 Å². The van der Waals surface area contributed by atoms with Crippen LogP contribution in [0.15, 0.2) is 18.3 Å². The number of rotatable bonds is 3. The third kappa shape index (κ3) is 2.95. The second kappa shape index (κ2) is 5.32. The number of carbonyl (C=O) groups is 1.